The number of phenols is 2. The fraction of sp³-hybridized carbons (Fsp3) is 0.214. The lowest BCUT2D eigenvalue weighted by atomic mass is 9.86. The van der Waals surface area contributed by atoms with Crippen LogP contribution in [0.5, 0.6) is 11.5 Å². The zero-order valence-electron chi connectivity index (χ0n) is 22.5. The average molecular weight is 553 g/mol. The highest BCUT2D eigenvalue weighted by Gasteiger charge is 2.20. The Bertz CT molecular complexity index is 1610. The molecule has 0 atom stereocenters. The van der Waals surface area contributed by atoms with Crippen molar-refractivity contribution in [2.45, 2.75) is 33.1 Å². The largest absolute Gasteiger partial charge is 0.507 e. The van der Waals surface area contributed by atoms with E-state index >= 15 is 0 Å². The molecule has 0 radical (unpaired) electrons. The van der Waals surface area contributed by atoms with Gasteiger partial charge in [-0.3, -0.25) is 0 Å². The maximum Gasteiger partial charge on any atom is 0.173 e. The number of hydrogen-bond acceptors (Lipinski definition) is 11. The van der Waals surface area contributed by atoms with Crippen LogP contribution in [0.25, 0.3) is 5.57 Å². The van der Waals surface area contributed by atoms with Crippen LogP contribution in [-0.4, -0.2) is 75.0 Å². The zero-order valence-corrected chi connectivity index (χ0v) is 22.5. The molecule has 41 heavy (non-hydrogen) atoms. The Labute approximate surface area is 235 Å². The van der Waals surface area contributed by atoms with Crippen molar-refractivity contribution >= 4 is 18.0 Å². The molecule has 5 rings (SSSR count). The second-order valence-corrected chi connectivity index (χ2v) is 9.33. The van der Waals surface area contributed by atoms with E-state index in [1.165, 1.54) is 9.58 Å². The molecular formula is C28H28N10O3. The van der Waals surface area contributed by atoms with Crippen molar-refractivity contribution in [1.82, 2.24) is 40.6 Å². The Morgan fingerprint density at radius 3 is 1.93 bits per heavy atom. The summed E-state index contributed by atoms with van der Waals surface area (Å²) in [4.78, 5) is 2.60. The van der Waals surface area contributed by atoms with E-state index in [2.05, 4.69) is 41.3 Å². The highest BCUT2D eigenvalue weighted by Crippen LogP contribution is 2.40. The molecule has 0 fully saturated rings. The van der Waals surface area contributed by atoms with Gasteiger partial charge in [0.05, 0.1) is 12.4 Å². The third-order valence-corrected chi connectivity index (χ3v) is 6.39. The molecule has 0 unspecified atom stereocenters. The molecule has 13 heteroatoms. The predicted molar refractivity (Wildman–Crippen MR) is 151 cm³/mol. The van der Waals surface area contributed by atoms with E-state index in [1.807, 2.05) is 18.2 Å². The lowest BCUT2D eigenvalue weighted by molar-refractivity contribution is 0.289. The van der Waals surface area contributed by atoms with Gasteiger partial charge < -0.3 is 15.3 Å². The van der Waals surface area contributed by atoms with Gasteiger partial charge in [-0.2, -0.15) is 10.2 Å². The van der Waals surface area contributed by atoms with Gasteiger partial charge in [0, 0.05) is 17.7 Å². The molecule has 208 valence electrons. The fourth-order valence-electron chi connectivity index (χ4n) is 4.35. The van der Waals surface area contributed by atoms with E-state index in [9.17, 15) is 15.3 Å². The number of aromatic nitrogens is 8. The molecule has 0 saturated heterocycles. The van der Waals surface area contributed by atoms with Crippen LogP contribution in [0, 0.1) is 13.8 Å². The van der Waals surface area contributed by atoms with Crippen molar-refractivity contribution in [2.24, 2.45) is 10.2 Å². The summed E-state index contributed by atoms with van der Waals surface area (Å²) in [6.07, 6.45) is 11.2. The first-order valence-electron chi connectivity index (χ1n) is 12.9. The Kier molecular flexibility index (Phi) is 8.15. The van der Waals surface area contributed by atoms with Crippen LogP contribution in [0.15, 0.2) is 76.0 Å². The summed E-state index contributed by atoms with van der Waals surface area (Å²) in [5.41, 5.74) is 4.96. The number of aliphatic hydroxyl groups excluding tert-OH is 1. The minimum atomic E-state index is 0.0332. The third-order valence-electron chi connectivity index (χ3n) is 6.39. The Morgan fingerprint density at radius 2 is 1.44 bits per heavy atom. The van der Waals surface area contributed by atoms with Crippen LogP contribution in [0.1, 0.15) is 53.2 Å². The van der Waals surface area contributed by atoms with Crippen molar-refractivity contribution in [1.29, 1.82) is 0 Å². The quantitative estimate of drug-likeness (QED) is 0.264. The van der Waals surface area contributed by atoms with Crippen LogP contribution in [0.3, 0.4) is 0 Å². The minimum Gasteiger partial charge on any atom is -0.507 e. The topological polar surface area (TPSA) is 173 Å². The van der Waals surface area contributed by atoms with Crippen LogP contribution in [0.2, 0.25) is 0 Å². The summed E-state index contributed by atoms with van der Waals surface area (Å²) in [6, 6.07) is 10.2. The van der Waals surface area contributed by atoms with Crippen LogP contribution >= 0.6 is 0 Å². The second-order valence-electron chi connectivity index (χ2n) is 9.33. The number of nitrogens with zero attached hydrogens (tertiary/aromatic N) is 10. The molecule has 0 aliphatic heterocycles. The highest BCUT2D eigenvalue weighted by atomic mass is 16.3. The molecule has 3 N–H and O–H groups in total. The molecule has 2 aromatic heterocycles. The summed E-state index contributed by atoms with van der Waals surface area (Å²) in [5, 5.41) is 62.7. The maximum absolute atomic E-state index is 11.1. The lowest BCUT2D eigenvalue weighted by Gasteiger charge is -2.19. The zero-order chi connectivity index (χ0) is 28.8. The summed E-state index contributed by atoms with van der Waals surface area (Å²) in [7, 11) is 0. The van der Waals surface area contributed by atoms with Gasteiger partial charge in [0.15, 0.2) is 11.6 Å². The summed E-state index contributed by atoms with van der Waals surface area (Å²) >= 11 is 0. The van der Waals surface area contributed by atoms with Gasteiger partial charge in [-0.05, 0) is 118 Å². The van der Waals surface area contributed by atoms with E-state index in [-0.39, 0.29) is 18.1 Å². The Hall–Kier alpha value is -5.30. The number of phenolic OH excluding ortho intramolecular Hbond substituents is 2. The van der Waals surface area contributed by atoms with Crippen molar-refractivity contribution in [3.05, 3.63) is 99.7 Å². The number of benzene rings is 2. The molecule has 0 bridgehead atoms. The molecule has 2 heterocycles. The number of aliphatic hydroxyl groups is 1. The molecule has 0 spiro atoms. The summed E-state index contributed by atoms with van der Waals surface area (Å²) in [5.74, 6) is 1.12. The number of allylic oxidation sites excluding steroid dienone is 5. The second kappa shape index (κ2) is 12.3. The van der Waals surface area contributed by atoms with Gasteiger partial charge in [0.2, 0.25) is 0 Å². The van der Waals surface area contributed by atoms with Crippen molar-refractivity contribution in [3.63, 3.8) is 0 Å². The molecule has 1 aliphatic rings. The molecule has 4 aromatic rings. The minimum absolute atomic E-state index is 0.0332. The Balaban J connectivity index is 1.64. The van der Waals surface area contributed by atoms with E-state index in [0.717, 1.165) is 11.1 Å². The van der Waals surface area contributed by atoms with Gasteiger partial charge in [-0.25, -0.2) is 0 Å². The van der Waals surface area contributed by atoms with Gasteiger partial charge in [-0.1, -0.05) is 18.2 Å². The molecule has 0 saturated carbocycles. The molecular weight excluding hydrogens is 524 g/mol. The van der Waals surface area contributed by atoms with Crippen molar-refractivity contribution in [3.8, 4) is 11.5 Å². The molecule has 2 aromatic carbocycles. The number of aryl methyl sites for hydroxylation is 2. The van der Waals surface area contributed by atoms with Gasteiger partial charge in [0.25, 0.3) is 0 Å². The van der Waals surface area contributed by atoms with Crippen LogP contribution < -0.4 is 0 Å². The summed E-state index contributed by atoms with van der Waals surface area (Å²) in [6.45, 7) is 3.56. The normalized spacial score (nSPS) is 13.4. The first-order chi connectivity index (χ1) is 19.9. The molecule has 1 aliphatic carbocycles. The lowest BCUT2D eigenvalue weighted by Crippen LogP contribution is -2.01. The number of rotatable bonds is 9. The van der Waals surface area contributed by atoms with E-state index in [0.29, 0.717) is 58.7 Å². The molecule has 0 amide bonds. The standard InChI is InChI=1S/C28H28N10O3/c1-18-31-33-35-37(18)29-16-21-8-10-26(40)24(14-21)28(23-7-3-5-20(13-23)6-4-12-39)25-15-22(9-11-27(25)41)17-30-38-19(2)32-34-36-38/h3,5,8-11,13-17,39-41H,4,6-7,12H2,1-2H3. The predicted octanol–water partition coefficient (Wildman–Crippen LogP) is 2.91. The van der Waals surface area contributed by atoms with E-state index < -0.39 is 0 Å². The SMILES string of the molecule is Cc1nnnn1N=Cc1ccc(O)c(C(=C2C=C(CCCO)C=CC2)c2cc(C=Nn3nnnc3C)ccc2O)c1. The molecule has 13 nitrogen and oxygen atoms in total. The fourth-order valence-corrected chi connectivity index (χ4v) is 4.35. The first kappa shape index (κ1) is 27.3. The van der Waals surface area contributed by atoms with Crippen LogP contribution in [0.4, 0.5) is 0 Å². The van der Waals surface area contributed by atoms with E-state index in [1.54, 1.807) is 62.7 Å². The highest BCUT2D eigenvalue weighted by molar-refractivity contribution is 5.93. The first-order valence-corrected chi connectivity index (χ1v) is 12.9. The van der Waals surface area contributed by atoms with Gasteiger partial charge >= 0.3 is 0 Å². The van der Waals surface area contributed by atoms with Crippen LogP contribution in [-0.2, 0) is 0 Å². The third kappa shape index (κ3) is 6.31. The maximum atomic E-state index is 11.1. The van der Waals surface area contributed by atoms with E-state index in [4.69, 9.17) is 0 Å². The van der Waals surface area contributed by atoms with Crippen molar-refractivity contribution in [2.75, 3.05) is 6.61 Å². The monoisotopic (exact) mass is 552 g/mol. The summed E-state index contributed by atoms with van der Waals surface area (Å²) < 4.78 is 0. The van der Waals surface area contributed by atoms with Gasteiger partial charge in [-0.15, -0.1) is 19.8 Å². The van der Waals surface area contributed by atoms with Crippen molar-refractivity contribution < 1.29 is 15.3 Å². The van der Waals surface area contributed by atoms with Gasteiger partial charge in [0.1, 0.15) is 11.5 Å². The smallest absolute Gasteiger partial charge is 0.173 e. The Morgan fingerprint density at radius 1 is 0.878 bits per heavy atom. The number of hydrogen-bond donors (Lipinski definition) is 3. The number of tetrazole rings is 2. The number of aromatic hydroxyl groups is 2. The average Bonchev–Trinajstić information content (AvgIpc) is 3.59.